The molecule has 1 heterocycles. The van der Waals surface area contributed by atoms with Crippen LogP contribution in [-0.2, 0) is 9.59 Å². The standard InChI is InChI=1S/C20H22N2O3/c1-3-13-25-17-11-9-16(10-12-17)22-19(23)14-18(20(22)24)21(2)15-7-5-4-6-8-15/h4-12,18H,3,13-14H2,1-2H3/t18-/m1/s1. The van der Waals surface area contributed by atoms with Gasteiger partial charge in [0.25, 0.3) is 5.91 Å². The molecular formula is C20H22N2O3. The third kappa shape index (κ3) is 3.50. The molecule has 5 heteroatoms. The second-order valence-electron chi connectivity index (χ2n) is 6.08. The average Bonchev–Trinajstić information content (AvgIpc) is 2.95. The maximum atomic E-state index is 12.8. The predicted molar refractivity (Wildman–Crippen MR) is 98.0 cm³/mol. The van der Waals surface area contributed by atoms with E-state index in [9.17, 15) is 9.59 Å². The van der Waals surface area contributed by atoms with Gasteiger partial charge in [-0.05, 0) is 42.8 Å². The Hall–Kier alpha value is -2.82. The average molecular weight is 338 g/mol. The third-order valence-electron chi connectivity index (χ3n) is 4.32. The van der Waals surface area contributed by atoms with E-state index in [1.165, 1.54) is 4.90 Å². The van der Waals surface area contributed by atoms with Crippen molar-refractivity contribution in [2.45, 2.75) is 25.8 Å². The van der Waals surface area contributed by atoms with E-state index < -0.39 is 6.04 Å². The van der Waals surface area contributed by atoms with Gasteiger partial charge in [-0.1, -0.05) is 25.1 Å². The molecule has 0 aliphatic carbocycles. The fourth-order valence-corrected chi connectivity index (χ4v) is 2.94. The summed E-state index contributed by atoms with van der Waals surface area (Å²) in [6.07, 6.45) is 1.11. The lowest BCUT2D eigenvalue weighted by Crippen LogP contribution is -2.40. The van der Waals surface area contributed by atoms with E-state index >= 15 is 0 Å². The van der Waals surface area contributed by atoms with Gasteiger partial charge in [0.2, 0.25) is 5.91 Å². The summed E-state index contributed by atoms with van der Waals surface area (Å²) in [6, 6.07) is 16.2. The summed E-state index contributed by atoms with van der Waals surface area (Å²) in [5, 5.41) is 0. The molecule has 0 saturated carbocycles. The molecule has 0 unspecified atom stereocenters. The minimum absolute atomic E-state index is 0.179. The molecule has 1 atom stereocenters. The van der Waals surface area contributed by atoms with Crippen molar-refractivity contribution in [3.05, 3.63) is 54.6 Å². The zero-order valence-electron chi connectivity index (χ0n) is 14.5. The van der Waals surface area contributed by atoms with Crippen molar-refractivity contribution in [3.63, 3.8) is 0 Å². The fourth-order valence-electron chi connectivity index (χ4n) is 2.94. The maximum absolute atomic E-state index is 12.8. The maximum Gasteiger partial charge on any atom is 0.256 e. The number of hydrogen-bond donors (Lipinski definition) is 0. The van der Waals surface area contributed by atoms with Crippen LogP contribution in [0.25, 0.3) is 0 Å². The fraction of sp³-hybridized carbons (Fsp3) is 0.300. The predicted octanol–water partition coefficient (Wildman–Crippen LogP) is 3.24. The van der Waals surface area contributed by atoms with Crippen LogP contribution >= 0.6 is 0 Å². The number of nitrogens with zero attached hydrogens (tertiary/aromatic N) is 2. The topological polar surface area (TPSA) is 49.9 Å². The van der Waals surface area contributed by atoms with Gasteiger partial charge < -0.3 is 9.64 Å². The molecular weight excluding hydrogens is 316 g/mol. The number of likely N-dealkylation sites (N-methyl/N-ethyl adjacent to an activating group) is 1. The molecule has 3 rings (SSSR count). The van der Waals surface area contributed by atoms with Gasteiger partial charge in [0.15, 0.2) is 0 Å². The van der Waals surface area contributed by atoms with Crippen molar-refractivity contribution < 1.29 is 14.3 Å². The van der Waals surface area contributed by atoms with Gasteiger partial charge in [-0.15, -0.1) is 0 Å². The van der Waals surface area contributed by atoms with Crippen LogP contribution in [0.3, 0.4) is 0 Å². The molecule has 1 aliphatic heterocycles. The van der Waals surface area contributed by atoms with E-state index in [-0.39, 0.29) is 18.2 Å². The summed E-state index contributed by atoms with van der Waals surface area (Å²) < 4.78 is 5.55. The zero-order valence-corrected chi connectivity index (χ0v) is 14.5. The third-order valence-corrected chi connectivity index (χ3v) is 4.32. The van der Waals surface area contributed by atoms with E-state index in [4.69, 9.17) is 4.74 Å². The van der Waals surface area contributed by atoms with Crippen LogP contribution in [-0.4, -0.2) is 31.5 Å². The highest BCUT2D eigenvalue weighted by Gasteiger charge is 2.41. The van der Waals surface area contributed by atoms with Crippen molar-refractivity contribution in [2.75, 3.05) is 23.5 Å². The lowest BCUT2D eigenvalue weighted by atomic mass is 10.2. The van der Waals surface area contributed by atoms with Gasteiger partial charge in [-0.3, -0.25) is 9.59 Å². The molecule has 2 amide bonds. The minimum Gasteiger partial charge on any atom is -0.494 e. The van der Waals surface area contributed by atoms with E-state index in [0.717, 1.165) is 17.9 Å². The Labute approximate surface area is 147 Å². The van der Waals surface area contributed by atoms with Crippen LogP contribution in [0, 0.1) is 0 Å². The molecule has 1 saturated heterocycles. The summed E-state index contributed by atoms with van der Waals surface area (Å²) in [6.45, 7) is 2.68. The molecule has 25 heavy (non-hydrogen) atoms. The first-order chi connectivity index (χ1) is 12.1. The molecule has 1 fully saturated rings. The van der Waals surface area contributed by atoms with E-state index in [0.29, 0.717) is 12.3 Å². The molecule has 0 bridgehead atoms. The molecule has 0 N–H and O–H groups in total. The molecule has 0 spiro atoms. The number of amides is 2. The van der Waals surface area contributed by atoms with Gasteiger partial charge in [0.05, 0.1) is 18.7 Å². The largest absolute Gasteiger partial charge is 0.494 e. The van der Waals surface area contributed by atoms with E-state index in [1.807, 2.05) is 49.2 Å². The van der Waals surface area contributed by atoms with Crippen LogP contribution in [0.2, 0.25) is 0 Å². The molecule has 0 aromatic heterocycles. The van der Waals surface area contributed by atoms with Crippen molar-refractivity contribution in [2.24, 2.45) is 0 Å². The zero-order chi connectivity index (χ0) is 17.8. The number of rotatable bonds is 6. The summed E-state index contributed by atoms with van der Waals surface area (Å²) in [4.78, 5) is 28.4. The van der Waals surface area contributed by atoms with Gasteiger partial charge in [-0.2, -0.15) is 0 Å². The molecule has 2 aromatic carbocycles. The molecule has 1 aliphatic rings. The number of ether oxygens (including phenoxy) is 1. The Morgan fingerprint density at radius 1 is 1.08 bits per heavy atom. The SMILES string of the molecule is CCCOc1ccc(N2C(=O)C[C@@H](N(C)c3ccccc3)C2=O)cc1. The summed E-state index contributed by atoms with van der Waals surface area (Å²) in [5.41, 5.74) is 1.50. The highest BCUT2D eigenvalue weighted by Crippen LogP contribution is 2.29. The summed E-state index contributed by atoms with van der Waals surface area (Å²) in [7, 11) is 1.84. The number of benzene rings is 2. The highest BCUT2D eigenvalue weighted by atomic mass is 16.5. The van der Waals surface area contributed by atoms with Crippen molar-refractivity contribution in [1.82, 2.24) is 0 Å². The summed E-state index contributed by atoms with van der Waals surface area (Å²) in [5.74, 6) is 0.362. The monoisotopic (exact) mass is 338 g/mol. The second kappa shape index (κ2) is 7.38. The Balaban J connectivity index is 1.77. The van der Waals surface area contributed by atoms with Gasteiger partial charge in [0, 0.05) is 12.7 Å². The van der Waals surface area contributed by atoms with Crippen LogP contribution in [0.5, 0.6) is 5.75 Å². The number of hydrogen-bond acceptors (Lipinski definition) is 4. The second-order valence-corrected chi connectivity index (χ2v) is 6.08. The molecule has 130 valence electrons. The number of carbonyl (C=O) groups excluding carboxylic acids is 2. The van der Waals surface area contributed by atoms with Gasteiger partial charge in [-0.25, -0.2) is 4.90 Å². The lowest BCUT2D eigenvalue weighted by Gasteiger charge is -2.25. The van der Waals surface area contributed by atoms with Gasteiger partial charge in [0.1, 0.15) is 11.8 Å². The molecule has 5 nitrogen and oxygen atoms in total. The molecule has 0 radical (unpaired) electrons. The van der Waals surface area contributed by atoms with Crippen LogP contribution in [0.15, 0.2) is 54.6 Å². The van der Waals surface area contributed by atoms with E-state index in [1.54, 1.807) is 24.3 Å². The summed E-state index contributed by atoms with van der Waals surface area (Å²) >= 11 is 0. The Morgan fingerprint density at radius 2 is 1.76 bits per heavy atom. The van der Waals surface area contributed by atoms with Crippen LogP contribution < -0.4 is 14.5 Å². The van der Waals surface area contributed by atoms with E-state index in [2.05, 4.69) is 0 Å². The Morgan fingerprint density at radius 3 is 2.40 bits per heavy atom. The Bertz CT molecular complexity index is 743. The first-order valence-electron chi connectivity index (χ1n) is 8.49. The number of imide groups is 1. The van der Waals surface area contributed by atoms with Crippen LogP contribution in [0.4, 0.5) is 11.4 Å². The number of anilines is 2. The number of carbonyl (C=O) groups is 2. The van der Waals surface area contributed by atoms with Crippen molar-refractivity contribution in [1.29, 1.82) is 0 Å². The quantitative estimate of drug-likeness (QED) is 0.759. The Kier molecular flexibility index (Phi) is 5.03. The minimum atomic E-state index is -0.481. The van der Waals surface area contributed by atoms with Crippen molar-refractivity contribution in [3.8, 4) is 5.75 Å². The lowest BCUT2D eigenvalue weighted by molar-refractivity contribution is -0.121. The van der Waals surface area contributed by atoms with Crippen LogP contribution in [0.1, 0.15) is 19.8 Å². The smallest absolute Gasteiger partial charge is 0.256 e. The molecule has 2 aromatic rings. The number of para-hydroxylation sites is 1. The van der Waals surface area contributed by atoms with Crippen molar-refractivity contribution >= 4 is 23.2 Å². The normalized spacial score (nSPS) is 17.0. The first kappa shape index (κ1) is 17.0. The van der Waals surface area contributed by atoms with Gasteiger partial charge >= 0.3 is 0 Å². The highest BCUT2D eigenvalue weighted by molar-refractivity contribution is 6.23. The first-order valence-corrected chi connectivity index (χ1v) is 8.49.